The largest absolute Gasteiger partial charge is 0.490 e. The van der Waals surface area contributed by atoms with Crippen LogP contribution in [0.3, 0.4) is 0 Å². The number of fused-ring (bicyclic) bond motifs is 5. The molecule has 32 heavy (non-hydrogen) atoms. The second kappa shape index (κ2) is 6.80. The van der Waals surface area contributed by atoms with E-state index in [0.29, 0.717) is 18.9 Å². The number of nitrogens with zero attached hydrogens (tertiary/aromatic N) is 4. The Morgan fingerprint density at radius 2 is 2.09 bits per heavy atom. The molecule has 0 amide bonds. The fourth-order valence-electron chi connectivity index (χ4n) is 4.50. The highest BCUT2D eigenvalue weighted by atomic mass is 16.5. The maximum absolute atomic E-state index is 12.8. The molecule has 0 spiro atoms. The molecule has 0 bridgehead atoms. The minimum absolute atomic E-state index is 0.00991. The molecule has 1 saturated carbocycles. The van der Waals surface area contributed by atoms with Crippen LogP contribution in [0.15, 0.2) is 35.3 Å². The highest BCUT2D eigenvalue weighted by Crippen LogP contribution is 2.46. The van der Waals surface area contributed by atoms with Gasteiger partial charge in [-0.2, -0.15) is 10.4 Å². The number of Topliss-reactive ketones (excluding diaryl/α,β-unsaturated/α-hetero) is 1. The van der Waals surface area contributed by atoms with Crippen LogP contribution >= 0.6 is 0 Å². The summed E-state index contributed by atoms with van der Waals surface area (Å²) in [5.41, 5.74) is 1.74. The topological polar surface area (TPSA) is 89.9 Å². The zero-order valence-corrected chi connectivity index (χ0v) is 18.8. The minimum Gasteiger partial charge on any atom is -0.490 e. The molecule has 5 rings (SSSR count). The van der Waals surface area contributed by atoms with Gasteiger partial charge in [-0.25, -0.2) is 0 Å². The van der Waals surface area contributed by atoms with Gasteiger partial charge in [0.05, 0.1) is 41.0 Å². The minimum atomic E-state index is -0.373. The van der Waals surface area contributed by atoms with Crippen molar-refractivity contribution in [3.63, 3.8) is 0 Å². The number of hydrogen-bond acceptors (Lipinski definition) is 5. The maximum Gasteiger partial charge on any atom is 0.193 e. The lowest BCUT2D eigenvalue weighted by Gasteiger charge is -2.38. The Morgan fingerprint density at radius 1 is 1.34 bits per heavy atom. The van der Waals surface area contributed by atoms with E-state index in [4.69, 9.17) is 9.84 Å². The Hall–Kier alpha value is -3.40. The molecule has 1 unspecified atom stereocenters. The summed E-state index contributed by atoms with van der Waals surface area (Å²) in [4.78, 5) is 24.8. The first kappa shape index (κ1) is 20.5. The number of aromatic nitrogens is 3. The molecule has 0 saturated heterocycles. The Bertz CT molecular complexity index is 1360. The van der Waals surface area contributed by atoms with Crippen molar-refractivity contribution >= 4 is 16.7 Å². The number of carbonyl (C=O) groups is 1. The smallest absolute Gasteiger partial charge is 0.193 e. The standard InChI is InChI=1S/C25H26N4O3/c1-15(30)17-11-28-18(10-19(17)31)23-16-6-5-7-20(32-14-25(13-26)8-9-25)22(16)27-29(23)12-21(28)24(2,3)4/h5-7,10-11,21H,8-9,12,14H2,1-4H3. The monoisotopic (exact) mass is 430 g/mol. The van der Waals surface area contributed by atoms with Gasteiger partial charge in [-0.1, -0.05) is 32.9 Å². The molecule has 2 aromatic heterocycles. The highest BCUT2D eigenvalue weighted by Gasteiger charge is 2.44. The molecule has 2 aliphatic rings. The summed E-state index contributed by atoms with van der Waals surface area (Å²) in [6.45, 7) is 8.83. The number of ketones is 1. The summed E-state index contributed by atoms with van der Waals surface area (Å²) in [6.07, 6.45) is 3.44. The summed E-state index contributed by atoms with van der Waals surface area (Å²) in [6, 6.07) is 9.69. The van der Waals surface area contributed by atoms with Gasteiger partial charge in [-0.15, -0.1) is 0 Å². The first-order valence-corrected chi connectivity index (χ1v) is 10.9. The lowest BCUT2D eigenvalue weighted by molar-refractivity contribution is 0.101. The predicted octanol–water partition coefficient (Wildman–Crippen LogP) is 4.35. The predicted molar refractivity (Wildman–Crippen MR) is 121 cm³/mol. The van der Waals surface area contributed by atoms with E-state index in [-0.39, 0.29) is 33.6 Å². The van der Waals surface area contributed by atoms with Gasteiger partial charge in [0, 0.05) is 17.6 Å². The lowest BCUT2D eigenvalue weighted by Crippen LogP contribution is -2.35. The first-order valence-electron chi connectivity index (χ1n) is 10.9. The third kappa shape index (κ3) is 3.13. The second-order valence-corrected chi connectivity index (χ2v) is 10.1. The number of rotatable bonds is 4. The van der Waals surface area contributed by atoms with Gasteiger partial charge in [0.2, 0.25) is 0 Å². The fourth-order valence-corrected chi connectivity index (χ4v) is 4.50. The molecule has 0 N–H and O–H groups in total. The number of nitriles is 1. The molecule has 1 aromatic carbocycles. The van der Waals surface area contributed by atoms with E-state index in [9.17, 15) is 14.9 Å². The molecule has 7 heteroatoms. The number of hydrogen-bond donors (Lipinski definition) is 0. The van der Waals surface area contributed by atoms with Gasteiger partial charge in [-0.3, -0.25) is 14.3 Å². The summed E-state index contributed by atoms with van der Waals surface area (Å²) in [5.74, 6) is 0.413. The molecule has 3 heterocycles. The summed E-state index contributed by atoms with van der Waals surface area (Å²) >= 11 is 0. The number of ether oxygens (including phenoxy) is 1. The third-order valence-electron chi connectivity index (χ3n) is 6.71. The molecular weight excluding hydrogens is 404 g/mol. The quantitative estimate of drug-likeness (QED) is 0.574. The summed E-state index contributed by atoms with van der Waals surface area (Å²) < 4.78 is 10.1. The van der Waals surface area contributed by atoms with E-state index in [0.717, 1.165) is 35.1 Å². The van der Waals surface area contributed by atoms with Crippen molar-refractivity contribution in [3.8, 4) is 23.2 Å². The van der Waals surface area contributed by atoms with Crippen LogP contribution in [0.5, 0.6) is 5.75 Å². The average Bonchev–Trinajstić information content (AvgIpc) is 3.42. The SMILES string of the molecule is CC(=O)c1cn2c(cc1=O)-c1c3cccc(OCC4(C#N)CC4)c3nn1CC2C(C)(C)C. The Morgan fingerprint density at radius 3 is 2.72 bits per heavy atom. The van der Waals surface area contributed by atoms with E-state index >= 15 is 0 Å². The Kier molecular flexibility index (Phi) is 4.35. The van der Waals surface area contributed by atoms with Crippen molar-refractivity contribution in [1.82, 2.24) is 14.3 Å². The van der Waals surface area contributed by atoms with Crippen LogP contribution in [-0.2, 0) is 6.54 Å². The van der Waals surface area contributed by atoms with E-state index in [1.54, 1.807) is 12.3 Å². The van der Waals surface area contributed by atoms with Crippen molar-refractivity contribution in [2.75, 3.05) is 6.61 Å². The van der Waals surface area contributed by atoms with Gasteiger partial charge < -0.3 is 9.30 Å². The lowest BCUT2D eigenvalue weighted by atomic mass is 9.84. The molecule has 7 nitrogen and oxygen atoms in total. The van der Waals surface area contributed by atoms with Gasteiger partial charge in [-0.05, 0) is 31.2 Å². The van der Waals surface area contributed by atoms with Crippen LogP contribution in [0.25, 0.3) is 22.3 Å². The van der Waals surface area contributed by atoms with Crippen LogP contribution in [-0.4, -0.2) is 26.7 Å². The first-order chi connectivity index (χ1) is 15.1. The molecule has 1 aliphatic carbocycles. The second-order valence-electron chi connectivity index (χ2n) is 10.1. The summed E-state index contributed by atoms with van der Waals surface area (Å²) in [7, 11) is 0. The van der Waals surface area contributed by atoms with Crippen molar-refractivity contribution in [2.45, 2.75) is 53.1 Å². The van der Waals surface area contributed by atoms with E-state index in [1.807, 2.05) is 22.9 Å². The Labute approximate surface area is 186 Å². The summed E-state index contributed by atoms with van der Waals surface area (Å²) in [5, 5.41) is 15.1. The van der Waals surface area contributed by atoms with Crippen molar-refractivity contribution in [2.24, 2.45) is 10.8 Å². The van der Waals surface area contributed by atoms with Crippen LogP contribution in [0, 0.1) is 22.2 Å². The molecule has 0 radical (unpaired) electrons. The van der Waals surface area contributed by atoms with Crippen molar-refractivity contribution in [3.05, 3.63) is 46.2 Å². The zero-order valence-electron chi connectivity index (χ0n) is 18.8. The molecule has 1 fully saturated rings. The van der Waals surface area contributed by atoms with Crippen molar-refractivity contribution < 1.29 is 9.53 Å². The molecular formula is C25H26N4O3. The normalized spacial score (nSPS) is 18.5. The number of carbonyl (C=O) groups excluding carboxylic acids is 1. The molecule has 1 aliphatic heterocycles. The third-order valence-corrected chi connectivity index (χ3v) is 6.71. The zero-order chi connectivity index (χ0) is 22.8. The number of pyridine rings is 1. The Balaban J connectivity index is 1.69. The van der Waals surface area contributed by atoms with Crippen LogP contribution < -0.4 is 10.2 Å². The number of benzene rings is 1. The van der Waals surface area contributed by atoms with Crippen molar-refractivity contribution in [1.29, 1.82) is 5.26 Å². The fraction of sp³-hybridized carbons (Fsp3) is 0.440. The van der Waals surface area contributed by atoms with E-state index in [2.05, 4.69) is 31.4 Å². The van der Waals surface area contributed by atoms with Crippen LogP contribution in [0.2, 0.25) is 0 Å². The van der Waals surface area contributed by atoms with E-state index in [1.165, 1.54) is 6.92 Å². The van der Waals surface area contributed by atoms with Gasteiger partial charge in [0.1, 0.15) is 17.9 Å². The molecule has 1 atom stereocenters. The van der Waals surface area contributed by atoms with Gasteiger partial charge >= 0.3 is 0 Å². The highest BCUT2D eigenvalue weighted by molar-refractivity contribution is 5.97. The van der Waals surface area contributed by atoms with E-state index < -0.39 is 0 Å². The average molecular weight is 431 g/mol. The molecule has 164 valence electrons. The van der Waals surface area contributed by atoms with Gasteiger partial charge in [0.15, 0.2) is 11.2 Å². The van der Waals surface area contributed by atoms with Gasteiger partial charge in [0.25, 0.3) is 0 Å². The maximum atomic E-state index is 12.8. The van der Waals surface area contributed by atoms with Crippen LogP contribution in [0.4, 0.5) is 0 Å². The molecule has 3 aromatic rings. The van der Waals surface area contributed by atoms with Crippen LogP contribution in [0.1, 0.15) is 56.9 Å².